The van der Waals surface area contributed by atoms with Crippen LogP contribution in [0.3, 0.4) is 0 Å². The summed E-state index contributed by atoms with van der Waals surface area (Å²) in [7, 11) is 0. The summed E-state index contributed by atoms with van der Waals surface area (Å²) in [6, 6.07) is 6.45. The third-order valence-electron chi connectivity index (χ3n) is 1.71. The molecule has 0 radical (unpaired) electrons. The second kappa shape index (κ2) is 4.30. The molecule has 1 unspecified atom stereocenters. The van der Waals surface area contributed by atoms with E-state index in [0.717, 1.165) is 10.5 Å². The summed E-state index contributed by atoms with van der Waals surface area (Å²) in [5, 5.41) is 8.56. The topological polar surface area (TPSA) is 63.3 Å². The SMILES string of the molecule is NC(Cc1ccc(S)cc1)C(=O)O. The fraction of sp³-hybridized carbons (Fsp3) is 0.222. The minimum absolute atomic E-state index is 0.351. The molecule has 0 fully saturated rings. The molecule has 0 aliphatic carbocycles. The summed E-state index contributed by atoms with van der Waals surface area (Å²) in [6.07, 6.45) is 0.351. The molecular formula is C9H11NO2S. The van der Waals surface area contributed by atoms with Gasteiger partial charge >= 0.3 is 5.97 Å². The molecule has 0 saturated carbocycles. The van der Waals surface area contributed by atoms with Gasteiger partial charge in [0.1, 0.15) is 6.04 Å². The van der Waals surface area contributed by atoms with Crippen LogP contribution < -0.4 is 5.73 Å². The minimum Gasteiger partial charge on any atom is -0.480 e. The first-order valence-electron chi connectivity index (χ1n) is 3.86. The highest BCUT2D eigenvalue weighted by molar-refractivity contribution is 7.80. The van der Waals surface area contributed by atoms with Crippen molar-refractivity contribution in [2.45, 2.75) is 17.4 Å². The maximum absolute atomic E-state index is 10.4. The Morgan fingerprint density at radius 2 is 2.00 bits per heavy atom. The number of hydrogen-bond donors (Lipinski definition) is 3. The standard InChI is InChI=1S/C9H11NO2S/c10-8(9(11)12)5-6-1-3-7(13)4-2-6/h1-4,8,13H,5,10H2,(H,11,12). The number of rotatable bonds is 3. The Hall–Kier alpha value is -1.00. The van der Waals surface area contributed by atoms with Gasteiger partial charge in [-0.1, -0.05) is 12.1 Å². The molecule has 0 heterocycles. The van der Waals surface area contributed by atoms with Crippen molar-refractivity contribution in [3.63, 3.8) is 0 Å². The summed E-state index contributed by atoms with van der Waals surface area (Å²) in [6.45, 7) is 0. The quantitative estimate of drug-likeness (QED) is 0.632. The predicted molar refractivity (Wildman–Crippen MR) is 53.0 cm³/mol. The first-order chi connectivity index (χ1) is 6.09. The minimum atomic E-state index is -0.977. The molecule has 4 heteroatoms. The molecule has 1 rings (SSSR count). The van der Waals surface area contributed by atoms with Crippen molar-refractivity contribution in [1.82, 2.24) is 0 Å². The molecule has 0 bridgehead atoms. The molecule has 0 aromatic heterocycles. The number of hydrogen-bond acceptors (Lipinski definition) is 3. The molecule has 13 heavy (non-hydrogen) atoms. The van der Waals surface area contributed by atoms with Crippen LogP contribution in [0.15, 0.2) is 29.2 Å². The van der Waals surface area contributed by atoms with Crippen molar-refractivity contribution in [3.8, 4) is 0 Å². The van der Waals surface area contributed by atoms with E-state index in [1.807, 2.05) is 24.3 Å². The fourth-order valence-electron chi connectivity index (χ4n) is 0.973. The average molecular weight is 197 g/mol. The molecule has 0 aliphatic rings. The first-order valence-corrected chi connectivity index (χ1v) is 4.30. The summed E-state index contributed by atoms with van der Waals surface area (Å²) < 4.78 is 0. The van der Waals surface area contributed by atoms with E-state index >= 15 is 0 Å². The van der Waals surface area contributed by atoms with Gasteiger partial charge in [-0.2, -0.15) is 0 Å². The number of carboxylic acids is 1. The largest absolute Gasteiger partial charge is 0.480 e. The van der Waals surface area contributed by atoms with Crippen molar-refractivity contribution in [3.05, 3.63) is 29.8 Å². The van der Waals surface area contributed by atoms with Crippen molar-refractivity contribution in [2.24, 2.45) is 5.73 Å². The maximum atomic E-state index is 10.4. The van der Waals surface area contributed by atoms with Gasteiger partial charge in [0, 0.05) is 4.90 Å². The van der Waals surface area contributed by atoms with Gasteiger partial charge in [-0.15, -0.1) is 12.6 Å². The zero-order valence-corrected chi connectivity index (χ0v) is 7.87. The Labute approximate surface area is 82.0 Å². The van der Waals surface area contributed by atoms with Crippen LogP contribution in [-0.2, 0) is 11.2 Å². The molecule has 1 atom stereocenters. The van der Waals surface area contributed by atoms with Gasteiger partial charge in [0.25, 0.3) is 0 Å². The molecule has 0 amide bonds. The van der Waals surface area contributed by atoms with Gasteiger partial charge < -0.3 is 10.8 Å². The number of thiol groups is 1. The average Bonchev–Trinajstić information content (AvgIpc) is 2.08. The molecule has 0 spiro atoms. The van der Waals surface area contributed by atoms with Gasteiger partial charge in [0.15, 0.2) is 0 Å². The van der Waals surface area contributed by atoms with Gasteiger partial charge in [-0.25, -0.2) is 0 Å². The van der Waals surface area contributed by atoms with Gasteiger partial charge in [0.05, 0.1) is 0 Å². The lowest BCUT2D eigenvalue weighted by atomic mass is 10.1. The predicted octanol–water partition coefficient (Wildman–Crippen LogP) is 0.930. The van der Waals surface area contributed by atoms with E-state index in [0.29, 0.717) is 6.42 Å². The second-order valence-corrected chi connectivity index (χ2v) is 3.33. The summed E-state index contributed by atoms with van der Waals surface area (Å²) in [5.74, 6) is -0.977. The molecule has 3 nitrogen and oxygen atoms in total. The number of carbonyl (C=O) groups is 1. The molecule has 70 valence electrons. The molecule has 3 N–H and O–H groups in total. The second-order valence-electron chi connectivity index (χ2n) is 2.82. The monoisotopic (exact) mass is 197 g/mol. The van der Waals surface area contributed by atoms with Gasteiger partial charge in [0.2, 0.25) is 0 Å². The first kappa shape index (κ1) is 10.1. The lowest BCUT2D eigenvalue weighted by Gasteiger charge is -2.05. The Morgan fingerprint density at radius 3 is 2.46 bits per heavy atom. The Balaban J connectivity index is 2.64. The molecule has 1 aromatic rings. The van der Waals surface area contributed by atoms with Crippen LogP contribution in [0.25, 0.3) is 0 Å². The molecule has 1 aromatic carbocycles. The number of nitrogens with two attached hydrogens (primary N) is 1. The third kappa shape index (κ3) is 3.08. The highest BCUT2D eigenvalue weighted by Crippen LogP contribution is 2.08. The van der Waals surface area contributed by atoms with Crippen LogP contribution in [0.4, 0.5) is 0 Å². The van der Waals surface area contributed by atoms with E-state index in [-0.39, 0.29) is 0 Å². The molecule has 0 saturated heterocycles. The van der Waals surface area contributed by atoms with E-state index in [4.69, 9.17) is 10.8 Å². The van der Waals surface area contributed by atoms with E-state index < -0.39 is 12.0 Å². The number of aliphatic carboxylic acids is 1. The number of benzene rings is 1. The van der Waals surface area contributed by atoms with Crippen molar-refractivity contribution in [2.75, 3.05) is 0 Å². The molecular weight excluding hydrogens is 186 g/mol. The van der Waals surface area contributed by atoms with Crippen molar-refractivity contribution < 1.29 is 9.90 Å². The van der Waals surface area contributed by atoms with Gasteiger partial charge in [-0.3, -0.25) is 4.79 Å². The van der Waals surface area contributed by atoms with Crippen LogP contribution in [0.1, 0.15) is 5.56 Å². The van der Waals surface area contributed by atoms with Crippen LogP contribution >= 0.6 is 12.6 Å². The van der Waals surface area contributed by atoms with Gasteiger partial charge in [-0.05, 0) is 24.1 Å². The lowest BCUT2D eigenvalue weighted by molar-refractivity contribution is -0.138. The highest BCUT2D eigenvalue weighted by Gasteiger charge is 2.11. The zero-order chi connectivity index (χ0) is 9.84. The third-order valence-corrected chi connectivity index (χ3v) is 2.01. The maximum Gasteiger partial charge on any atom is 0.320 e. The molecule has 0 aliphatic heterocycles. The van der Waals surface area contributed by atoms with E-state index in [1.165, 1.54) is 0 Å². The van der Waals surface area contributed by atoms with Crippen molar-refractivity contribution in [1.29, 1.82) is 0 Å². The van der Waals surface area contributed by atoms with Crippen molar-refractivity contribution >= 4 is 18.6 Å². The Kier molecular flexibility index (Phi) is 3.33. The van der Waals surface area contributed by atoms with Crippen LogP contribution in [0.2, 0.25) is 0 Å². The van der Waals surface area contributed by atoms with E-state index in [9.17, 15) is 4.79 Å². The Bertz CT molecular complexity index is 297. The zero-order valence-electron chi connectivity index (χ0n) is 6.97. The van der Waals surface area contributed by atoms with E-state index in [1.54, 1.807) is 0 Å². The lowest BCUT2D eigenvalue weighted by Crippen LogP contribution is -2.32. The van der Waals surface area contributed by atoms with E-state index in [2.05, 4.69) is 12.6 Å². The fourth-order valence-corrected chi connectivity index (χ4v) is 1.12. The van der Waals surface area contributed by atoms with Crippen LogP contribution in [0, 0.1) is 0 Å². The number of carboxylic acid groups (broad SMARTS) is 1. The van der Waals surface area contributed by atoms with Crippen LogP contribution in [0.5, 0.6) is 0 Å². The Morgan fingerprint density at radius 1 is 1.46 bits per heavy atom. The highest BCUT2D eigenvalue weighted by atomic mass is 32.1. The normalized spacial score (nSPS) is 12.5. The summed E-state index contributed by atoms with van der Waals surface area (Å²) in [4.78, 5) is 11.3. The van der Waals surface area contributed by atoms with Crippen LogP contribution in [-0.4, -0.2) is 17.1 Å². The summed E-state index contributed by atoms with van der Waals surface area (Å²) in [5.41, 5.74) is 6.28. The summed E-state index contributed by atoms with van der Waals surface area (Å²) >= 11 is 4.12. The smallest absolute Gasteiger partial charge is 0.320 e.